The summed E-state index contributed by atoms with van der Waals surface area (Å²) in [6, 6.07) is 0.661. The summed E-state index contributed by atoms with van der Waals surface area (Å²) in [4.78, 5) is 0. The van der Waals surface area contributed by atoms with Crippen LogP contribution < -0.4 is 0 Å². The first-order valence-electron chi connectivity index (χ1n) is 5.69. The van der Waals surface area contributed by atoms with Crippen LogP contribution in [0.3, 0.4) is 0 Å². The molecule has 1 fully saturated rings. The van der Waals surface area contributed by atoms with Crippen LogP contribution in [-0.2, 0) is 18.6 Å². The summed E-state index contributed by atoms with van der Waals surface area (Å²) in [6.07, 6.45) is 10.1. The molecule has 2 rings (SSSR count). The van der Waals surface area contributed by atoms with Gasteiger partial charge in [0, 0.05) is 0 Å². The number of hydrogen-bond acceptors (Lipinski definition) is 0. The van der Waals surface area contributed by atoms with Gasteiger partial charge in [0.1, 0.15) is 0 Å². The van der Waals surface area contributed by atoms with E-state index in [9.17, 15) is 0 Å². The molecule has 1 saturated heterocycles. The topological polar surface area (TPSA) is 61.2 Å². The van der Waals surface area contributed by atoms with E-state index in [1.165, 1.54) is 19.3 Å². The van der Waals surface area contributed by atoms with Crippen LogP contribution in [0.4, 0.5) is 0 Å². The van der Waals surface area contributed by atoms with Gasteiger partial charge in [-0.2, -0.15) is 5.70 Å². The van der Waals surface area contributed by atoms with Gasteiger partial charge in [0.05, 0.1) is 0 Å². The molecule has 0 radical (unpaired) electrons. The Labute approximate surface area is 125 Å². The molecule has 0 aromatic heterocycles. The summed E-state index contributed by atoms with van der Waals surface area (Å²) in [7, 11) is 9.34. The van der Waals surface area contributed by atoms with Crippen molar-refractivity contribution < 1.29 is 18.6 Å². The maximum absolute atomic E-state index is 4.67. The molecule has 2 heterocycles. The van der Waals surface area contributed by atoms with Crippen molar-refractivity contribution in [2.75, 3.05) is 13.1 Å². The number of nitrogens with zero attached hydrogens (tertiary/aromatic N) is 2. The van der Waals surface area contributed by atoms with Crippen molar-refractivity contribution in [1.29, 1.82) is 0 Å². The van der Waals surface area contributed by atoms with Gasteiger partial charge in [-0.15, -0.1) is 25.2 Å². The van der Waals surface area contributed by atoms with Gasteiger partial charge >= 0.3 is 33.3 Å². The van der Waals surface area contributed by atoms with E-state index in [-0.39, 0.29) is 5.48 Å². The molecule has 0 saturated carbocycles. The molecule has 3 N–H and O–H groups in total. The minimum atomic E-state index is 0. The third kappa shape index (κ3) is 14.4. The average molecular weight is 346 g/mol. The largest absolute Gasteiger partial charge is 0.457 e. The van der Waals surface area contributed by atoms with Crippen molar-refractivity contribution in [2.45, 2.75) is 39.2 Å². The third-order valence-electron chi connectivity index (χ3n) is 2.39. The molecule has 1 unspecified atom stereocenters. The SMILES string of the molecule is CC1=CC=CC[N-]1.CC1CCCC[N-]1.[Cl][Cu][Cl].[OH3+]. The van der Waals surface area contributed by atoms with Crippen molar-refractivity contribution in [2.24, 2.45) is 0 Å². The smallest absolute Gasteiger partial charge is 0.457 e. The van der Waals surface area contributed by atoms with Crippen LogP contribution in [0.15, 0.2) is 23.9 Å². The van der Waals surface area contributed by atoms with Gasteiger partial charge in [-0.3, -0.25) is 0 Å². The standard InChI is InChI=1S/C6H12N.C6H8N.2ClH.Cu.H2O/c2*1-6-4-2-3-5-7-6;;;;/h6H,2-5H2,1H3;2-4H,5H2,1H3;2*1H;;1H2/q2*-1;;;+2;/p-1. The summed E-state index contributed by atoms with van der Waals surface area (Å²) in [6.45, 7) is 6.17. The van der Waals surface area contributed by atoms with Crippen molar-refractivity contribution >= 4 is 20.2 Å². The Balaban J connectivity index is 0. The summed E-state index contributed by atoms with van der Waals surface area (Å²) < 4.78 is 0. The number of allylic oxidation sites excluding steroid dienone is 3. The van der Waals surface area contributed by atoms with Crippen molar-refractivity contribution in [3.8, 4) is 0 Å². The normalized spacial score (nSPS) is 21.1. The van der Waals surface area contributed by atoms with E-state index < -0.39 is 0 Å². The van der Waals surface area contributed by atoms with E-state index in [4.69, 9.17) is 0 Å². The summed E-state index contributed by atoms with van der Waals surface area (Å²) in [5.41, 5.74) is 1.13. The van der Waals surface area contributed by atoms with Crippen molar-refractivity contribution in [3.63, 3.8) is 0 Å². The van der Waals surface area contributed by atoms with E-state index >= 15 is 0 Å². The van der Waals surface area contributed by atoms with Crippen molar-refractivity contribution in [3.05, 3.63) is 34.6 Å². The summed E-state index contributed by atoms with van der Waals surface area (Å²) in [5, 5.41) is 8.43. The summed E-state index contributed by atoms with van der Waals surface area (Å²) >= 11 is 0.757. The Bertz CT molecular complexity index is 232. The minimum Gasteiger partial charge on any atom is -0.457 e. The van der Waals surface area contributed by atoms with Crippen LogP contribution in [0, 0.1) is 0 Å². The average Bonchev–Trinajstić information content (AvgIpc) is 2.33. The van der Waals surface area contributed by atoms with E-state index in [1.807, 2.05) is 25.2 Å². The van der Waals surface area contributed by atoms with E-state index in [2.05, 4.69) is 37.8 Å². The Morgan fingerprint density at radius 3 is 2.22 bits per heavy atom. The number of piperidine rings is 1. The maximum Gasteiger partial charge on any atom is -0.457 e. The van der Waals surface area contributed by atoms with Crippen LogP contribution in [0.5, 0.6) is 0 Å². The first-order chi connectivity index (χ1) is 8.20. The fourth-order valence-corrected chi connectivity index (χ4v) is 1.47. The molecule has 0 bridgehead atoms. The second-order valence-electron chi connectivity index (χ2n) is 3.87. The summed E-state index contributed by atoms with van der Waals surface area (Å²) in [5.74, 6) is 0. The molecule has 0 aromatic rings. The Morgan fingerprint density at radius 1 is 1.33 bits per heavy atom. The number of hydrogen-bond donors (Lipinski definition) is 0. The van der Waals surface area contributed by atoms with Gasteiger partial charge < -0.3 is 16.1 Å². The Hall–Kier alpha value is 0.299. The fraction of sp³-hybridized carbons (Fsp3) is 0.667. The quantitative estimate of drug-likeness (QED) is 0.466. The van der Waals surface area contributed by atoms with Crippen LogP contribution in [0.25, 0.3) is 10.6 Å². The minimum absolute atomic E-state index is 0. The Morgan fingerprint density at radius 2 is 2.00 bits per heavy atom. The zero-order valence-corrected chi connectivity index (χ0v) is 13.3. The maximum atomic E-state index is 4.67. The van der Waals surface area contributed by atoms with E-state index in [1.54, 1.807) is 0 Å². The second-order valence-corrected chi connectivity index (χ2v) is 5.43. The molecule has 18 heavy (non-hydrogen) atoms. The number of rotatable bonds is 0. The molecule has 2 aliphatic rings. The third-order valence-corrected chi connectivity index (χ3v) is 2.39. The van der Waals surface area contributed by atoms with Gasteiger partial charge in [-0.1, -0.05) is 45.3 Å². The van der Waals surface area contributed by atoms with E-state index in [0.29, 0.717) is 6.04 Å². The zero-order chi connectivity index (χ0) is 12.9. The molecule has 0 aromatic carbocycles. The molecule has 6 heteroatoms. The predicted molar refractivity (Wildman–Crippen MR) is 79.2 cm³/mol. The van der Waals surface area contributed by atoms with Gasteiger partial charge in [0.25, 0.3) is 0 Å². The van der Waals surface area contributed by atoms with Crippen molar-refractivity contribution in [1.82, 2.24) is 0 Å². The zero-order valence-electron chi connectivity index (χ0n) is 10.9. The first kappa shape index (κ1) is 20.6. The van der Waals surface area contributed by atoms with Gasteiger partial charge in [-0.25, -0.2) is 0 Å². The van der Waals surface area contributed by atoms with Crippen LogP contribution in [0.2, 0.25) is 0 Å². The fourth-order valence-electron chi connectivity index (χ4n) is 1.47. The van der Waals surface area contributed by atoms with Crippen LogP contribution >= 0.6 is 20.2 Å². The molecule has 1 atom stereocenters. The predicted octanol–water partition coefficient (Wildman–Crippen LogP) is 4.22. The molecule has 2 aliphatic heterocycles. The first-order valence-corrected chi connectivity index (χ1v) is 8.28. The van der Waals surface area contributed by atoms with Crippen LogP contribution in [0.1, 0.15) is 33.1 Å². The molecular weight excluding hydrogens is 323 g/mol. The molecule has 0 amide bonds. The molecule has 3 nitrogen and oxygen atoms in total. The molecule has 113 valence electrons. The molecular formula is C12H23Cl2CuN2O-. The second kappa shape index (κ2) is 15.4. The number of halogens is 2. The van der Waals surface area contributed by atoms with Gasteiger partial charge in [0.15, 0.2) is 0 Å². The molecule has 0 spiro atoms. The Kier molecular flexibility index (Phi) is 17.6. The van der Waals surface area contributed by atoms with Crippen LogP contribution in [-0.4, -0.2) is 19.1 Å². The van der Waals surface area contributed by atoms with E-state index in [0.717, 1.165) is 31.9 Å². The monoisotopic (exact) mass is 344 g/mol. The molecule has 0 aliphatic carbocycles. The van der Waals surface area contributed by atoms with Gasteiger partial charge in [-0.05, 0) is 0 Å². The van der Waals surface area contributed by atoms with Gasteiger partial charge in [0.2, 0.25) is 0 Å².